The van der Waals surface area contributed by atoms with Crippen LogP contribution in [0.15, 0.2) is 65.9 Å². The van der Waals surface area contributed by atoms with Crippen LogP contribution in [0.25, 0.3) is 55.8 Å². The molecule has 0 radical (unpaired) electrons. The monoisotopic (exact) mass is 493 g/mol. The summed E-state index contributed by atoms with van der Waals surface area (Å²) in [6, 6.07) is 9.28. The third-order valence-corrected chi connectivity index (χ3v) is 7.03. The highest BCUT2D eigenvalue weighted by molar-refractivity contribution is 5.97. The number of imidazole rings is 1. The Labute approximate surface area is 211 Å². The smallest absolute Gasteiger partial charge is 0.157 e. The van der Waals surface area contributed by atoms with Crippen molar-refractivity contribution < 1.29 is 8.81 Å². The molecule has 0 spiro atoms. The number of pyridine rings is 2. The summed E-state index contributed by atoms with van der Waals surface area (Å²) < 4.78 is 20.5. The average Bonchev–Trinajstić information content (AvgIpc) is 3.69. The molecule has 1 aromatic carbocycles. The minimum Gasteiger partial charge on any atom is -0.472 e. The number of furan rings is 1. The van der Waals surface area contributed by atoms with E-state index in [4.69, 9.17) is 9.40 Å². The van der Waals surface area contributed by atoms with Crippen LogP contribution in [-0.4, -0.2) is 48.1 Å². The zero-order valence-corrected chi connectivity index (χ0v) is 20.0. The van der Waals surface area contributed by atoms with E-state index in [1.165, 1.54) is 25.3 Å². The normalized spacial score (nSPS) is 14.6. The molecule has 0 atom stereocenters. The fourth-order valence-corrected chi connectivity index (χ4v) is 5.19. The standard InChI is InChI=1S/C28H24FN7O/c29-22-12-19(20-10-17(13-30-14-20)15-36-7-2-1-3-8-36)11-21-25(22)34-35-26(21)28-32-23-4-6-31-24(27(23)33-28)18-5-9-37-16-18/h4-6,9-14,16H,1-3,7-8,15H2,(H,32,33)(H,34,35). The molecular weight excluding hydrogens is 469 g/mol. The number of halogens is 1. The van der Waals surface area contributed by atoms with Gasteiger partial charge in [-0.05, 0) is 67.4 Å². The summed E-state index contributed by atoms with van der Waals surface area (Å²) in [5, 5.41) is 7.89. The van der Waals surface area contributed by atoms with Crippen molar-refractivity contribution in [2.45, 2.75) is 25.8 Å². The lowest BCUT2D eigenvalue weighted by Crippen LogP contribution is -2.29. The molecule has 0 amide bonds. The van der Waals surface area contributed by atoms with Gasteiger partial charge in [-0.25, -0.2) is 9.37 Å². The first kappa shape index (κ1) is 21.9. The summed E-state index contributed by atoms with van der Waals surface area (Å²) in [4.78, 5) is 19.5. The number of H-pyrrole nitrogens is 2. The molecule has 1 saturated heterocycles. The quantitative estimate of drug-likeness (QED) is 0.308. The molecule has 6 aromatic rings. The lowest BCUT2D eigenvalue weighted by molar-refractivity contribution is 0.220. The average molecular weight is 494 g/mol. The maximum absolute atomic E-state index is 15.2. The number of aromatic amines is 2. The van der Waals surface area contributed by atoms with E-state index in [1.807, 2.05) is 24.4 Å². The zero-order chi connectivity index (χ0) is 24.8. The van der Waals surface area contributed by atoms with Gasteiger partial charge in [-0.1, -0.05) is 6.42 Å². The van der Waals surface area contributed by atoms with Crippen LogP contribution in [0, 0.1) is 5.82 Å². The van der Waals surface area contributed by atoms with Gasteiger partial charge in [-0.2, -0.15) is 5.10 Å². The number of hydrogen-bond donors (Lipinski definition) is 2. The van der Waals surface area contributed by atoms with Crippen molar-refractivity contribution in [2.24, 2.45) is 0 Å². The second-order valence-corrected chi connectivity index (χ2v) is 9.52. The first-order chi connectivity index (χ1) is 18.2. The molecule has 0 saturated carbocycles. The fourth-order valence-electron chi connectivity index (χ4n) is 5.19. The van der Waals surface area contributed by atoms with E-state index in [0.717, 1.165) is 47.4 Å². The topological polar surface area (TPSA) is 99.5 Å². The van der Waals surface area contributed by atoms with Gasteiger partial charge in [0.25, 0.3) is 0 Å². The second-order valence-electron chi connectivity index (χ2n) is 9.52. The number of likely N-dealkylation sites (tertiary alicyclic amines) is 1. The number of nitrogens with one attached hydrogen (secondary N) is 2. The van der Waals surface area contributed by atoms with Crippen molar-refractivity contribution in [1.82, 2.24) is 35.0 Å². The molecule has 37 heavy (non-hydrogen) atoms. The molecule has 1 aliphatic rings. The summed E-state index contributed by atoms with van der Waals surface area (Å²) in [7, 11) is 0. The lowest BCUT2D eigenvalue weighted by Gasteiger charge is -2.26. The van der Waals surface area contributed by atoms with E-state index < -0.39 is 5.82 Å². The summed E-state index contributed by atoms with van der Waals surface area (Å²) in [5.74, 6) is 0.164. The minimum absolute atomic E-state index is 0.268. The summed E-state index contributed by atoms with van der Waals surface area (Å²) in [6.07, 6.45) is 12.4. The minimum atomic E-state index is -0.395. The number of hydrogen-bond acceptors (Lipinski definition) is 6. The molecular formula is C28H24FN7O. The summed E-state index contributed by atoms with van der Waals surface area (Å²) in [5.41, 5.74) is 6.69. The number of piperidine rings is 1. The van der Waals surface area contributed by atoms with Gasteiger partial charge in [0.1, 0.15) is 22.4 Å². The number of nitrogens with zero attached hydrogens (tertiary/aromatic N) is 5. The van der Waals surface area contributed by atoms with Crippen LogP contribution in [0.1, 0.15) is 24.8 Å². The molecule has 184 valence electrons. The first-order valence-electron chi connectivity index (χ1n) is 12.4. The Morgan fingerprint density at radius 1 is 0.973 bits per heavy atom. The Kier molecular flexibility index (Phi) is 5.28. The van der Waals surface area contributed by atoms with Crippen LogP contribution in [0.5, 0.6) is 0 Å². The van der Waals surface area contributed by atoms with E-state index in [2.05, 4.69) is 36.1 Å². The van der Waals surface area contributed by atoms with Gasteiger partial charge < -0.3 is 9.40 Å². The molecule has 1 aliphatic heterocycles. The van der Waals surface area contributed by atoms with Crippen LogP contribution < -0.4 is 0 Å². The molecule has 0 unspecified atom stereocenters. The third kappa shape index (κ3) is 3.97. The van der Waals surface area contributed by atoms with E-state index >= 15 is 4.39 Å². The zero-order valence-electron chi connectivity index (χ0n) is 20.0. The van der Waals surface area contributed by atoms with Crippen LogP contribution in [-0.2, 0) is 6.54 Å². The Hall–Kier alpha value is -4.37. The van der Waals surface area contributed by atoms with E-state index in [0.29, 0.717) is 28.1 Å². The van der Waals surface area contributed by atoms with Crippen LogP contribution in [0.3, 0.4) is 0 Å². The third-order valence-electron chi connectivity index (χ3n) is 7.03. The van der Waals surface area contributed by atoms with Crippen molar-refractivity contribution in [3.8, 4) is 33.9 Å². The second kappa shape index (κ2) is 8.94. The largest absolute Gasteiger partial charge is 0.472 e. The van der Waals surface area contributed by atoms with Gasteiger partial charge in [-0.3, -0.25) is 20.0 Å². The SMILES string of the molecule is Fc1cc(-c2cncc(CN3CCCCC3)c2)cc2c(-c3nc4c(-c5ccoc5)nccc4[nH]3)[nH]nc12. The van der Waals surface area contributed by atoms with E-state index in [1.54, 1.807) is 24.9 Å². The van der Waals surface area contributed by atoms with Crippen LogP contribution >= 0.6 is 0 Å². The molecule has 6 heterocycles. The lowest BCUT2D eigenvalue weighted by atomic mass is 10.0. The highest BCUT2D eigenvalue weighted by Crippen LogP contribution is 2.34. The molecule has 5 aromatic heterocycles. The van der Waals surface area contributed by atoms with Gasteiger partial charge in [0.2, 0.25) is 0 Å². The predicted octanol–water partition coefficient (Wildman–Crippen LogP) is 5.95. The molecule has 0 aliphatic carbocycles. The Morgan fingerprint density at radius 3 is 2.76 bits per heavy atom. The van der Waals surface area contributed by atoms with Crippen molar-refractivity contribution in [3.05, 3.63) is 72.8 Å². The van der Waals surface area contributed by atoms with Gasteiger partial charge >= 0.3 is 0 Å². The Balaban J connectivity index is 1.29. The first-order valence-corrected chi connectivity index (χ1v) is 12.4. The molecule has 7 rings (SSSR count). The van der Waals surface area contributed by atoms with Gasteiger partial charge in [0.05, 0.1) is 18.0 Å². The fraction of sp³-hybridized carbons (Fsp3) is 0.214. The van der Waals surface area contributed by atoms with E-state index in [-0.39, 0.29) is 5.52 Å². The number of rotatable bonds is 5. The molecule has 2 N–H and O–H groups in total. The molecule has 8 nitrogen and oxygen atoms in total. The van der Waals surface area contributed by atoms with Gasteiger partial charge in [0.15, 0.2) is 11.6 Å². The molecule has 9 heteroatoms. The predicted molar refractivity (Wildman–Crippen MR) is 139 cm³/mol. The molecule has 1 fully saturated rings. The highest BCUT2D eigenvalue weighted by atomic mass is 19.1. The number of fused-ring (bicyclic) bond motifs is 2. The van der Waals surface area contributed by atoms with Crippen LogP contribution in [0.2, 0.25) is 0 Å². The van der Waals surface area contributed by atoms with Crippen molar-refractivity contribution in [3.63, 3.8) is 0 Å². The Bertz CT molecular complexity index is 1710. The van der Waals surface area contributed by atoms with E-state index in [9.17, 15) is 0 Å². The van der Waals surface area contributed by atoms with Crippen molar-refractivity contribution in [2.75, 3.05) is 13.1 Å². The summed E-state index contributed by atoms with van der Waals surface area (Å²) in [6.45, 7) is 3.07. The number of aromatic nitrogens is 6. The van der Waals surface area contributed by atoms with Crippen molar-refractivity contribution >= 4 is 21.9 Å². The maximum Gasteiger partial charge on any atom is 0.157 e. The van der Waals surface area contributed by atoms with Crippen LogP contribution in [0.4, 0.5) is 4.39 Å². The number of benzene rings is 1. The highest BCUT2D eigenvalue weighted by Gasteiger charge is 2.19. The Morgan fingerprint density at radius 2 is 1.89 bits per heavy atom. The van der Waals surface area contributed by atoms with Gasteiger partial charge in [-0.15, -0.1) is 0 Å². The molecule has 0 bridgehead atoms. The van der Waals surface area contributed by atoms with Gasteiger partial charge in [0, 0.05) is 41.6 Å². The summed E-state index contributed by atoms with van der Waals surface area (Å²) >= 11 is 0. The maximum atomic E-state index is 15.2. The van der Waals surface area contributed by atoms with Crippen molar-refractivity contribution in [1.29, 1.82) is 0 Å².